The molecular weight excluding hydrogens is 285 g/mol. The molecule has 0 aromatic heterocycles. The summed E-state index contributed by atoms with van der Waals surface area (Å²) >= 11 is 0. The molecule has 0 saturated heterocycles. The van der Waals surface area contributed by atoms with Crippen LogP contribution in [0.5, 0.6) is 0 Å². The standard InChI is InChI=1S/C14H19F3N2O2/c1-3-18-12-10(13(20)19-8-9-21-4-2)6-5-7-11(12)14(15,16)17/h5-7,18H,3-4,8-9H2,1-2H3,(H,19,20). The molecule has 0 spiro atoms. The van der Waals surface area contributed by atoms with E-state index in [-0.39, 0.29) is 24.3 Å². The SMILES string of the molecule is CCNc1c(C(=O)NCCOCC)cccc1C(F)(F)F. The summed E-state index contributed by atoms with van der Waals surface area (Å²) in [5.74, 6) is -0.559. The quantitative estimate of drug-likeness (QED) is 0.762. The smallest absolute Gasteiger partial charge is 0.384 e. The highest BCUT2D eigenvalue weighted by Crippen LogP contribution is 2.36. The van der Waals surface area contributed by atoms with Gasteiger partial charge in [-0.25, -0.2) is 0 Å². The molecule has 1 aromatic rings. The third kappa shape index (κ3) is 4.93. The predicted molar refractivity (Wildman–Crippen MR) is 74.4 cm³/mol. The topological polar surface area (TPSA) is 50.4 Å². The highest BCUT2D eigenvalue weighted by Gasteiger charge is 2.35. The fraction of sp³-hybridized carbons (Fsp3) is 0.500. The van der Waals surface area contributed by atoms with Gasteiger partial charge < -0.3 is 15.4 Å². The summed E-state index contributed by atoms with van der Waals surface area (Å²) in [4.78, 5) is 12.0. The Morgan fingerprint density at radius 3 is 2.57 bits per heavy atom. The van der Waals surface area contributed by atoms with Gasteiger partial charge in [-0.05, 0) is 26.0 Å². The number of rotatable bonds is 7. The van der Waals surface area contributed by atoms with E-state index in [1.807, 2.05) is 6.92 Å². The van der Waals surface area contributed by atoms with Gasteiger partial charge in [0, 0.05) is 19.7 Å². The number of carbonyl (C=O) groups excluding carboxylic acids is 1. The van der Waals surface area contributed by atoms with E-state index in [0.717, 1.165) is 6.07 Å². The van der Waals surface area contributed by atoms with E-state index in [2.05, 4.69) is 10.6 Å². The van der Waals surface area contributed by atoms with Gasteiger partial charge in [0.1, 0.15) is 0 Å². The van der Waals surface area contributed by atoms with Crippen molar-refractivity contribution in [3.63, 3.8) is 0 Å². The zero-order valence-corrected chi connectivity index (χ0v) is 12.0. The second kappa shape index (κ2) is 7.87. The maximum atomic E-state index is 13.0. The van der Waals surface area contributed by atoms with Crippen LogP contribution in [0.1, 0.15) is 29.8 Å². The lowest BCUT2D eigenvalue weighted by Gasteiger charge is -2.17. The number of carbonyl (C=O) groups is 1. The zero-order valence-electron chi connectivity index (χ0n) is 12.0. The molecule has 0 fully saturated rings. The number of halogens is 3. The van der Waals surface area contributed by atoms with Gasteiger partial charge in [0.15, 0.2) is 0 Å². The van der Waals surface area contributed by atoms with E-state index in [9.17, 15) is 18.0 Å². The van der Waals surface area contributed by atoms with E-state index < -0.39 is 17.6 Å². The Morgan fingerprint density at radius 1 is 1.29 bits per heavy atom. The van der Waals surface area contributed by atoms with Crippen LogP contribution in [0.2, 0.25) is 0 Å². The summed E-state index contributed by atoms with van der Waals surface area (Å²) in [7, 11) is 0. The summed E-state index contributed by atoms with van der Waals surface area (Å²) < 4.78 is 44.0. The third-order valence-electron chi connectivity index (χ3n) is 2.70. The second-order valence-corrected chi connectivity index (χ2v) is 4.21. The van der Waals surface area contributed by atoms with Crippen molar-refractivity contribution in [1.82, 2.24) is 5.32 Å². The molecule has 4 nitrogen and oxygen atoms in total. The van der Waals surface area contributed by atoms with Crippen LogP contribution in [0.15, 0.2) is 18.2 Å². The van der Waals surface area contributed by atoms with Crippen LogP contribution in [-0.4, -0.2) is 32.2 Å². The number of alkyl halides is 3. The Kier molecular flexibility index (Phi) is 6.48. The number of ether oxygens (including phenoxy) is 1. The van der Waals surface area contributed by atoms with Gasteiger partial charge in [0.05, 0.1) is 23.4 Å². The minimum Gasteiger partial charge on any atom is -0.384 e. The van der Waals surface area contributed by atoms with Crippen molar-refractivity contribution < 1.29 is 22.7 Å². The first kappa shape index (κ1) is 17.3. The van der Waals surface area contributed by atoms with Crippen molar-refractivity contribution in [3.8, 4) is 0 Å². The van der Waals surface area contributed by atoms with Crippen molar-refractivity contribution in [3.05, 3.63) is 29.3 Å². The molecule has 0 aliphatic rings. The van der Waals surface area contributed by atoms with E-state index in [1.165, 1.54) is 12.1 Å². The molecule has 1 aromatic carbocycles. The maximum absolute atomic E-state index is 13.0. The summed E-state index contributed by atoms with van der Waals surface area (Å²) in [6.45, 7) is 4.85. The number of hydrogen-bond donors (Lipinski definition) is 2. The fourth-order valence-electron chi connectivity index (χ4n) is 1.82. The second-order valence-electron chi connectivity index (χ2n) is 4.21. The number of benzene rings is 1. The molecule has 0 atom stereocenters. The highest BCUT2D eigenvalue weighted by molar-refractivity contribution is 6.00. The van der Waals surface area contributed by atoms with Crippen LogP contribution in [-0.2, 0) is 10.9 Å². The van der Waals surface area contributed by atoms with E-state index >= 15 is 0 Å². The van der Waals surface area contributed by atoms with Gasteiger partial charge in [-0.15, -0.1) is 0 Å². The number of para-hydroxylation sites is 1. The Labute approximate surface area is 121 Å². The van der Waals surface area contributed by atoms with Crippen molar-refractivity contribution in [2.45, 2.75) is 20.0 Å². The molecule has 7 heteroatoms. The molecule has 0 aliphatic carbocycles. The predicted octanol–water partition coefficient (Wildman–Crippen LogP) is 2.90. The van der Waals surface area contributed by atoms with Crippen molar-refractivity contribution in [1.29, 1.82) is 0 Å². The molecule has 118 valence electrons. The lowest BCUT2D eigenvalue weighted by atomic mass is 10.1. The average molecular weight is 304 g/mol. The van der Waals surface area contributed by atoms with E-state index in [0.29, 0.717) is 13.2 Å². The Hall–Kier alpha value is -1.76. The molecular formula is C14H19F3N2O2. The largest absolute Gasteiger partial charge is 0.418 e. The average Bonchev–Trinajstić information content (AvgIpc) is 2.42. The molecule has 0 heterocycles. The minimum absolute atomic E-state index is 0.0248. The normalized spacial score (nSPS) is 11.3. The number of nitrogens with one attached hydrogen (secondary N) is 2. The molecule has 1 amide bonds. The van der Waals surface area contributed by atoms with Crippen LogP contribution in [0.3, 0.4) is 0 Å². The number of amides is 1. The van der Waals surface area contributed by atoms with Crippen LogP contribution < -0.4 is 10.6 Å². The molecule has 21 heavy (non-hydrogen) atoms. The van der Waals surface area contributed by atoms with E-state index in [4.69, 9.17) is 4.74 Å². The minimum atomic E-state index is -4.51. The van der Waals surface area contributed by atoms with E-state index in [1.54, 1.807) is 6.92 Å². The van der Waals surface area contributed by atoms with Gasteiger partial charge in [-0.1, -0.05) is 6.07 Å². The molecule has 0 radical (unpaired) electrons. The molecule has 0 bridgehead atoms. The Morgan fingerprint density at radius 2 is 2.00 bits per heavy atom. The molecule has 0 unspecified atom stereocenters. The van der Waals surface area contributed by atoms with Crippen LogP contribution in [0.25, 0.3) is 0 Å². The van der Waals surface area contributed by atoms with Crippen LogP contribution in [0.4, 0.5) is 18.9 Å². The Bertz CT molecular complexity index is 476. The van der Waals surface area contributed by atoms with Gasteiger partial charge in [0.2, 0.25) is 0 Å². The molecule has 0 aliphatic heterocycles. The first-order valence-electron chi connectivity index (χ1n) is 6.71. The summed E-state index contributed by atoms with van der Waals surface area (Å²) in [6.07, 6.45) is -4.51. The summed E-state index contributed by atoms with van der Waals surface area (Å²) in [5, 5.41) is 5.16. The molecule has 2 N–H and O–H groups in total. The number of hydrogen-bond acceptors (Lipinski definition) is 3. The lowest BCUT2D eigenvalue weighted by molar-refractivity contribution is -0.137. The third-order valence-corrected chi connectivity index (χ3v) is 2.70. The summed E-state index contributed by atoms with van der Waals surface area (Å²) in [6, 6.07) is 3.54. The van der Waals surface area contributed by atoms with Crippen molar-refractivity contribution in [2.24, 2.45) is 0 Å². The van der Waals surface area contributed by atoms with Crippen LogP contribution >= 0.6 is 0 Å². The Balaban J connectivity index is 2.97. The van der Waals surface area contributed by atoms with Gasteiger partial charge >= 0.3 is 6.18 Å². The number of anilines is 1. The zero-order chi connectivity index (χ0) is 15.9. The highest BCUT2D eigenvalue weighted by atomic mass is 19.4. The summed E-state index contributed by atoms with van der Waals surface area (Å²) in [5.41, 5.74) is -1.06. The van der Waals surface area contributed by atoms with Crippen molar-refractivity contribution >= 4 is 11.6 Å². The van der Waals surface area contributed by atoms with Gasteiger partial charge in [-0.2, -0.15) is 13.2 Å². The fourth-order valence-corrected chi connectivity index (χ4v) is 1.82. The first-order valence-corrected chi connectivity index (χ1v) is 6.71. The lowest BCUT2D eigenvalue weighted by Crippen LogP contribution is -2.28. The first-order chi connectivity index (χ1) is 9.91. The van der Waals surface area contributed by atoms with Gasteiger partial charge in [-0.3, -0.25) is 4.79 Å². The molecule has 0 saturated carbocycles. The van der Waals surface area contributed by atoms with Crippen molar-refractivity contribution in [2.75, 3.05) is 31.6 Å². The maximum Gasteiger partial charge on any atom is 0.418 e. The van der Waals surface area contributed by atoms with Crippen LogP contribution in [0, 0.1) is 0 Å². The van der Waals surface area contributed by atoms with Gasteiger partial charge in [0.25, 0.3) is 5.91 Å². The molecule has 1 rings (SSSR count). The monoisotopic (exact) mass is 304 g/mol.